The molecule has 2 rings (SSSR count). The molecule has 1 N–H and O–H groups in total. The molecule has 2 aromatic rings. The number of halogens is 3. The zero-order valence-corrected chi connectivity index (χ0v) is 21.7. The minimum atomic E-state index is -3.94. The van der Waals surface area contributed by atoms with Crippen molar-refractivity contribution in [2.45, 2.75) is 45.8 Å². The zero-order valence-electron chi connectivity index (χ0n) is 19.4. The monoisotopic (exact) mass is 531 g/mol. The smallest absolute Gasteiger partial charge is 0.244 e. The molecule has 7 nitrogen and oxygen atoms in total. The van der Waals surface area contributed by atoms with Crippen molar-refractivity contribution in [1.82, 2.24) is 10.2 Å². The molecule has 0 aliphatic carbocycles. The highest BCUT2D eigenvalue weighted by atomic mass is 35.5. The van der Waals surface area contributed by atoms with Gasteiger partial charge in [0.1, 0.15) is 18.4 Å². The van der Waals surface area contributed by atoms with E-state index in [1.165, 1.54) is 43.3 Å². The van der Waals surface area contributed by atoms with Crippen LogP contribution in [0.5, 0.6) is 0 Å². The molecular formula is C23H28Cl2FN3O4S. The second kappa shape index (κ2) is 11.9. The van der Waals surface area contributed by atoms with Crippen molar-refractivity contribution < 1.29 is 22.4 Å². The first kappa shape index (κ1) is 27.9. The Morgan fingerprint density at radius 2 is 1.68 bits per heavy atom. The fourth-order valence-electron chi connectivity index (χ4n) is 3.16. The van der Waals surface area contributed by atoms with E-state index in [1.807, 2.05) is 13.8 Å². The molecule has 186 valence electrons. The fraction of sp³-hybridized carbons (Fsp3) is 0.391. The van der Waals surface area contributed by atoms with E-state index < -0.39 is 40.2 Å². The first-order valence-electron chi connectivity index (χ1n) is 10.6. The second-order valence-electron chi connectivity index (χ2n) is 8.00. The Labute approximate surface area is 209 Å². The lowest BCUT2D eigenvalue weighted by molar-refractivity contribution is -0.139. The van der Waals surface area contributed by atoms with E-state index in [1.54, 1.807) is 6.07 Å². The Morgan fingerprint density at radius 1 is 1.09 bits per heavy atom. The minimum Gasteiger partial charge on any atom is -0.352 e. The number of amides is 2. The summed E-state index contributed by atoms with van der Waals surface area (Å²) in [5, 5.41) is 3.18. The molecule has 0 spiro atoms. The molecule has 0 aliphatic heterocycles. The number of sulfonamides is 1. The van der Waals surface area contributed by atoms with Gasteiger partial charge in [0.15, 0.2) is 0 Å². The molecule has 2 amide bonds. The van der Waals surface area contributed by atoms with E-state index in [0.717, 1.165) is 15.5 Å². The van der Waals surface area contributed by atoms with Gasteiger partial charge in [-0.1, -0.05) is 48.3 Å². The maximum Gasteiger partial charge on any atom is 0.244 e. The average Bonchev–Trinajstić information content (AvgIpc) is 2.74. The van der Waals surface area contributed by atoms with Crippen molar-refractivity contribution in [3.8, 4) is 0 Å². The Hall–Kier alpha value is -2.36. The van der Waals surface area contributed by atoms with Gasteiger partial charge in [-0.05, 0) is 44.5 Å². The van der Waals surface area contributed by atoms with E-state index in [2.05, 4.69) is 5.32 Å². The first-order chi connectivity index (χ1) is 15.8. The Bertz CT molecular complexity index is 1130. The van der Waals surface area contributed by atoms with Crippen LogP contribution in [0.15, 0.2) is 42.5 Å². The van der Waals surface area contributed by atoms with Gasteiger partial charge >= 0.3 is 0 Å². The number of hydrogen-bond acceptors (Lipinski definition) is 4. The van der Waals surface area contributed by atoms with Crippen LogP contribution in [-0.2, 0) is 26.2 Å². The topological polar surface area (TPSA) is 86.8 Å². The van der Waals surface area contributed by atoms with Gasteiger partial charge in [-0.2, -0.15) is 0 Å². The lowest BCUT2D eigenvalue weighted by Gasteiger charge is -2.32. The van der Waals surface area contributed by atoms with Crippen LogP contribution in [0.2, 0.25) is 10.0 Å². The number of carbonyl (C=O) groups is 2. The molecule has 0 heterocycles. The summed E-state index contributed by atoms with van der Waals surface area (Å²) in [6, 6.07) is 8.90. The molecule has 0 saturated heterocycles. The van der Waals surface area contributed by atoms with Gasteiger partial charge in [-0.15, -0.1) is 0 Å². The van der Waals surface area contributed by atoms with Crippen molar-refractivity contribution in [2.24, 2.45) is 0 Å². The standard InChI is InChI=1S/C23H28Cl2FN3O4S/c1-5-15(2)27-23(31)16(3)28(13-17-8-6-7-9-21(17)26)22(30)14-29(34(4,32)33)20-11-18(24)10-19(25)12-20/h6-12,15-16H,5,13-14H2,1-4H3,(H,27,31)/t15-,16+/m0/s1. The average molecular weight is 532 g/mol. The third-order valence-electron chi connectivity index (χ3n) is 5.28. The van der Waals surface area contributed by atoms with Gasteiger partial charge in [0.25, 0.3) is 0 Å². The highest BCUT2D eigenvalue weighted by Gasteiger charge is 2.31. The Kier molecular flexibility index (Phi) is 9.73. The largest absolute Gasteiger partial charge is 0.352 e. The van der Waals surface area contributed by atoms with E-state index >= 15 is 0 Å². The number of carbonyl (C=O) groups excluding carboxylic acids is 2. The van der Waals surface area contributed by atoms with E-state index in [9.17, 15) is 22.4 Å². The molecule has 0 bridgehead atoms. The number of rotatable bonds is 10. The van der Waals surface area contributed by atoms with Crippen molar-refractivity contribution in [3.63, 3.8) is 0 Å². The molecule has 0 aromatic heterocycles. The maximum atomic E-state index is 14.4. The normalized spacial score (nSPS) is 13.1. The fourth-order valence-corrected chi connectivity index (χ4v) is 4.50. The lowest BCUT2D eigenvalue weighted by atomic mass is 10.1. The summed E-state index contributed by atoms with van der Waals surface area (Å²) in [6.07, 6.45) is 1.62. The number of nitrogens with zero attached hydrogens (tertiary/aromatic N) is 2. The third kappa shape index (κ3) is 7.58. The second-order valence-corrected chi connectivity index (χ2v) is 10.8. The van der Waals surface area contributed by atoms with E-state index in [4.69, 9.17) is 23.2 Å². The van der Waals surface area contributed by atoms with Crippen LogP contribution < -0.4 is 9.62 Å². The van der Waals surface area contributed by atoms with Gasteiger partial charge in [-0.3, -0.25) is 13.9 Å². The molecule has 0 fully saturated rings. The van der Waals surface area contributed by atoms with Gasteiger partial charge < -0.3 is 10.2 Å². The van der Waals surface area contributed by atoms with Crippen molar-refractivity contribution in [1.29, 1.82) is 0 Å². The zero-order chi connectivity index (χ0) is 25.6. The molecule has 2 atom stereocenters. The molecular weight excluding hydrogens is 504 g/mol. The minimum absolute atomic E-state index is 0.0934. The number of hydrogen-bond donors (Lipinski definition) is 1. The summed E-state index contributed by atoms with van der Waals surface area (Å²) in [5.41, 5.74) is 0.284. The van der Waals surface area contributed by atoms with Crippen LogP contribution in [0.3, 0.4) is 0 Å². The molecule has 0 aliphatic rings. The number of nitrogens with one attached hydrogen (secondary N) is 1. The molecule has 0 unspecified atom stereocenters. The summed E-state index contributed by atoms with van der Waals surface area (Å²) in [7, 11) is -3.94. The maximum absolute atomic E-state index is 14.4. The van der Waals surface area contributed by atoms with Crippen molar-refractivity contribution >= 4 is 50.7 Å². The number of anilines is 1. The van der Waals surface area contributed by atoms with E-state index in [-0.39, 0.29) is 33.9 Å². The number of benzene rings is 2. The quantitative estimate of drug-likeness (QED) is 0.496. The highest BCUT2D eigenvalue weighted by molar-refractivity contribution is 7.92. The van der Waals surface area contributed by atoms with Gasteiger partial charge in [0.05, 0.1) is 11.9 Å². The van der Waals surface area contributed by atoms with Gasteiger partial charge in [-0.25, -0.2) is 12.8 Å². The summed E-state index contributed by atoms with van der Waals surface area (Å²) in [4.78, 5) is 27.4. The van der Waals surface area contributed by atoms with Crippen LogP contribution in [0.4, 0.5) is 10.1 Å². The van der Waals surface area contributed by atoms with Crippen LogP contribution in [0.1, 0.15) is 32.8 Å². The van der Waals surface area contributed by atoms with Crippen molar-refractivity contribution in [3.05, 3.63) is 63.9 Å². The van der Waals surface area contributed by atoms with Crippen LogP contribution >= 0.6 is 23.2 Å². The van der Waals surface area contributed by atoms with Gasteiger partial charge in [0, 0.05) is 28.2 Å². The predicted octanol–water partition coefficient (Wildman–Crippen LogP) is 4.23. The molecule has 34 heavy (non-hydrogen) atoms. The Balaban J connectivity index is 2.43. The highest BCUT2D eigenvalue weighted by Crippen LogP contribution is 2.27. The Morgan fingerprint density at radius 3 is 2.21 bits per heavy atom. The van der Waals surface area contributed by atoms with Crippen LogP contribution in [-0.4, -0.2) is 50.0 Å². The lowest BCUT2D eigenvalue weighted by Crippen LogP contribution is -2.52. The summed E-state index contributed by atoms with van der Waals surface area (Å²) < 4.78 is 40.3. The summed E-state index contributed by atoms with van der Waals surface area (Å²) in [5.74, 6) is -1.68. The van der Waals surface area contributed by atoms with Gasteiger partial charge in [0.2, 0.25) is 21.8 Å². The summed E-state index contributed by atoms with van der Waals surface area (Å²) >= 11 is 12.1. The SMILES string of the molecule is CC[C@H](C)NC(=O)[C@@H](C)N(Cc1ccccc1F)C(=O)CN(c1cc(Cl)cc(Cl)c1)S(C)(=O)=O. The van der Waals surface area contributed by atoms with Crippen LogP contribution in [0.25, 0.3) is 0 Å². The molecule has 0 saturated carbocycles. The predicted molar refractivity (Wildman–Crippen MR) is 133 cm³/mol. The molecule has 2 aromatic carbocycles. The molecule has 11 heteroatoms. The van der Waals surface area contributed by atoms with Crippen LogP contribution in [0, 0.1) is 5.82 Å². The molecule has 0 radical (unpaired) electrons. The first-order valence-corrected chi connectivity index (χ1v) is 13.2. The third-order valence-corrected chi connectivity index (χ3v) is 6.86. The van der Waals surface area contributed by atoms with E-state index in [0.29, 0.717) is 6.42 Å². The summed E-state index contributed by atoms with van der Waals surface area (Å²) in [6.45, 7) is 4.37. The van der Waals surface area contributed by atoms with Crippen molar-refractivity contribution in [2.75, 3.05) is 17.1 Å².